The monoisotopic (exact) mass is 377 g/mol. The number of carbonyl (C=O) groups excluding carboxylic acids is 1. The summed E-state index contributed by atoms with van der Waals surface area (Å²) in [6.07, 6.45) is 2.05. The Morgan fingerprint density at radius 2 is 2.07 bits per heavy atom. The van der Waals surface area contributed by atoms with Gasteiger partial charge in [0.05, 0.1) is 17.7 Å². The molecule has 0 aromatic carbocycles. The number of ether oxygens (including phenoxy) is 1. The van der Waals surface area contributed by atoms with E-state index in [1.54, 1.807) is 4.90 Å². The maximum atomic E-state index is 12.7. The van der Waals surface area contributed by atoms with Gasteiger partial charge >= 0.3 is 11.6 Å². The number of aromatic amines is 1. The highest BCUT2D eigenvalue weighted by molar-refractivity contribution is 5.97. The van der Waals surface area contributed by atoms with Crippen molar-refractivity contribution in [1.29, 1.82) is 0 Å². The lowest BCUT2D eigenvalue weighted by molar-refractivity contribution is -0.386. The number of hydrogen-bond donors (Lipinski definition) is 1. The molecule has 0 unspecified atom stereocenters. The third-order valence-electron chi connectivity index (χ3n) is 4.72. The van der Waals surface area contributed by atoms with E-state index in [0.717, 1.165) is 18.8 Å². The molecule has 2 aromatic rings. The van der Waals surface area contributed by atoms with Crippen molar-refractivity contribution >= 4 is 11.6 Å². The van der Waals surface area contributed by atoms with Crippen LogP contribution in [0.5, 0.6) is 5.88 Å². The number of piperazine rings is 1. The normalized spacial score (nSPS) is 15.1. The zero-order chi connectivity index (χ0) is 19.6. The number of methoxy groups -OCH3 is 1. The first-order valence-corrected chi connectivity index (χ1v) is 8.75. The molecule has 11 heteroatoms. The average Bonchev–Trinajstić information content (AvgIpc) is 3.25. The van der Waals surface area contributed by atoms with Crippen LogP contribution in [0.2, 0.25) is 0 Å². The van der Waals surface area contributed by atoms with Gasteiger partial charge in [-0.15, -0.1) is 5.10 Å². The minimum atomic E-state index is -0.653. The van der Waals surface area contributed by atoms with Crippen molar-refractivity contribution in [2.45, 2.75) is 26.9 Å². The van der Waals surface area contributed by atoms with Gasteiger partial charge in [0.1, 0.15) is 0 Å². The van der Waals surface area contributed by atoms with Gasteiger partial charge in [-0.2, -0.15) is 5.10 Å². The van der Waals surface area contributed by atoms with Gasteiger partial charge in [0.15, 0.2) is 0 Å². The molecule has 0 bridgehead atoms. The van der Waals surface area contributed by atoms with Gasteiger partial charge < -0.3 is 9.64 Å². The molecule has 0 atom stereocenters. The highest BCUT2D eigenvalue weighted by atomic mass is 16.6. The molecule has 0 radical (unpaired) electrons. The van der Waals surface area contributed by atoms with Gasteiger partial charge in [-0.1, -0.05) is 0 Å². The van der Waals surface area contributed by atoms with Gasteiger partial charge in [-0.3, -0.25) is 29.6 Å². The van der Waals surface area contributed by atoms with Crippen molar-refractivity contribution in [3.8, 4) is 5.88 Å². The molecule has 1 N–H and O–H groups in total. The lowest BCUT2D eigenvalue weighted by Gasteiger charge is -2.34. The van der Waals surface area contributed by atoms with Gasteiger partial charge in [0, 0.05) is 51.0 Å². The van der Waals surface area contributed by atoms with Crippen molar-refractivity contribution in [2.24, 2.45) is 0 Å². The maximum Gasteiger partial charge on any atom is 0.362 e. The van der Waals surface area contributed by atoms with E-state index in [2.05, 4.69) is 20.2 Å². The van der Waals surface area contributed by atoms with Gasteiger partial charge in [0.2, 0.25) is 5.69 Å². The summed E-state index contributed by atoms with van der Waals surface area (Å²) >= 11 is 0. The zero-order valence-corrected chi connectivity index (χ0v) is 15.6. The van der Waals surface area contributed by atoms with Crippen molar-refractivity contribution in [3.05, 3.63) is 33.3 Å². The Hall–Kier alpha value is -2.95. The largest absolute Gasteiger partial charge is 0.475 e. The number of aromatic nitrogens is 4. The molecular formula is C16H23N7O4. The molecule has 0 spiro atoms. The van der Waals surface area contributed by atoms with E-state index in [1.807, 2.05) is 24.7 Å². The Morgan fingerprint density at radius 3 is 2.63 bits per heavy atom. The Kier molecular flexibility index (Phi) is 5.40. The van der Waals surface area contributed by atoms with Crippen LogP contribution in [0.15, 0.2) is 6.20 Å². The highest BCUT2D eigenvalue weighted by Gasteiger charge is 2.33. The molecule has 1 fully saturated rings. The Bertz CT molecular complexity index is 836. The van der Waals surface area contributed by atoms with Crippen molar-refractivity contribution in [1.82, 2.24) is 29.8 Å². The molecule has 3 rings (SSSR count). The molecule has 0 aliphatic carbocycles. The molecule has 11 nitrogen and oxygen atoms in total. The van der Waals surface area contributed by atoms with E-state index in [4.69, 9.17) is 4.74 Å². The highest BCUT2D eigenvalue weighted by Crippen LogP contribution is 2.28. The fraction of sp³-hybridized carbons (Fsp3) is 0.562. The molecule has 27 heavy (non-hydrogen) atoms. The van der Waals surface area contributed by atoms with Crippen LogP contribution in [-0.2, 0) is 13.1 Å². The molecule has 1 aliphatic rings. The third kappa shape index (κ3) is 3.77. The summed E-state index contributed by atoms with van der Waals surface area (Å²) in [5.41, 5.74) is 1.61. The average molecular weight is 377 g/mol. The first kappa shape index (κ1) is 18.8. The maximum absolute atomic E-state index is 12.7. The van der Waals surface area contributed by atoms with Crippen LogP contribution in [0.4, 0.5) is 5.69 Å². The Morgan fingerprint density at radius 1 is 1.37 bits per heavy atom. The summed E-state index contributed by atoms with van der Waals surface area (Å²) in [5.74, 6) is -0.627. The van der Waals surface area contributed by atoms with Crippen molar-refractivity contribution in [2.75, 3.05) is 33.3 Å². The molecule has 1 amide bonds. The van der Waals surface area contributed by atoms with Crippen molar-refractivity contribution < 1.29 is 14.5 Å². The standard InChI is InChI=1S/C16H23N7O4/c1-4-22-10-12(11(2)19-22)9-20-5-7-21(8-6-20)16(24)13-14(23(25)26)15(27-3)18-17-13/h10H,4-9H2,1-3H3,(H,17,18). The van der Waals surface area contributed by atoms with E-state index >= 15 is 0 Å². The minimum absolute atomic E-state index is 0.148. The molecule has 0 saturated carbocycles. The van der Waals surface area contributed by atoms with Crippen LogP contribution in [0, 0.1) is 17.0 Å². The van der Waals surface area contributed by atoms with Crippen LogP contribution in [0.3, 0.4) is 0 Å². The summed E-state index contributed by atoms with van der Waals surface area (Å²) in [4.78, 5) is 27.1. The number of amides is 1. The number of rotatable bonds is 6. The number of aryl methyl sites for hydroxylation is 2. The minimum Gasteiger partial charge on any atom is -0.475 e. The second-order valence-electron chi connectivity index (χ2n) is 6.38. The summed E-state index contributed by atoms with van der Waals surface area (Å²) in [6, 6.07) is 0. The number of carbonyl (C=O) groups is 1. The van der Waals surface area contributed by atoms with Gasteiger partial charge in [-0.05, 0) is 13.8 Å². The molecule has 2 aromatic heterocycles. The summed E-state index contributed by atoms with van der Waals surface area (Å²) in [6.45, 7) is 7.97. The van der Waals surface area contributed by atoms with Gasteiger partial charge in [0.25, 0.3) is 5.91 Å². The van der Waals surface area contributed by atoms with Crippen LogP contribution in [0.1, 0.15) is 28.7 Å². The van der Waals surface area contributed by atoms with E-state index < -0.39 is 16.5 Å². The van der Waals surface area contributed by atoms with E-state index in [1.165, 1.54) is 12.7 Å². The number of H-pyrrole nitrogens is 1. The number of nitro groups is 1. The van der Waals surface area contributed by atoms with E-state index in [0.29, 0.717) is 26.2 Å². The zero-order valence-electron chi connectivity index (χ0n) is 15.6. The smallest absolute Gasteiger partial charge is 0.362 e. The molecule has 1 aliphatic heterocycles. The predicted octanol–water partition coefficient (Wildman–Crippen LogP) is 0.809. The number of nitrogens with zero attached hydrogens (tertiary/aromatic N) is 6. The molecule has 1 saturated heterocycles. The first-order chi connectivity index (χ1) is 12.9. The lowest BCUT2D eigenvalue weighted by atomic mass is 10.2. The number of nitrogens with one attached hydrogen (secondary N) is 1. The van der Waals surface area contributed by atoms with E-state index in [-0.39, 0.29) is 11.6 Å². The molecular weight excluding hydrogens is 354 g/mol. The number of hydrogen-bond acceptors (Lipinski definition) is 7. The quantitative estimate of drug-likeness (QED) is 0.584. The topological polar surface area (TPSA) is 122 Å². The van der Waals surface area contributed by atoms with Crippen LogP contribution < -0.4 is 4.74 Å². The first-order valence-electron chi connectivity index (χ1n) is 8.75. The van der Waals surface area contributed by atoms with Gasteiger partial charge in [-0.25, -0.2) is 0 Å². The van der Waals surface area contributed by atoms with Crippen LogP contribution in [-0.4, -0.2) is 73.9 Å². The van der Waals surface area contributed by atoms with E-state index in [9.17, 15) is 14.9 Å². The fourth-order valence-corrected chi connectivity index (χ4v) is 3.16. The third-order valence-corrected chi connectivity index (χ3v) is 4.72. The lowest BCUT2D eigenvalue weighted by Crippen LogP contribution is -2.48. The predicted molar refractivity (Wildman–Crippen MR) is 95.6 cm³/mol. The molecule has 3 heterocycles. The second-order valence-corrected chi connectivity index (χ2v) is 6.38. The van der Waals surface area contributed by atoms with Crippen LogP contribution in [0.25, 0.3) is 0 Å². The van der Waals surface area contributed by atoms with Crippen molar-refractivity contribution in [3.63, 3.8) is 0 Å². The summed E-state index contributed by atoms with van der Waals surface area (Å²) in [5, 5.41) is 21.8. The summed E-state index contributed by atoms with van der Waals surface area (Å²) < 4.78 is 6.77. The second kappa shape index (κ2) is 7.74. The summed E-state index contributed by atoms with van der Waals surface area (Å²) in [7, 11) is 1.28. The SMILES string of the molecule is CCn1cc(CN2CCN(C(=O)c3[nH]nc(OC)c3[N+](=O)[O-])CC2)c(C)n1. The Balaban J connectivity index is 1.64. The fourth-order valence-electron chi connectivity index (χ4n) is 3.16. The Labute approximate surface area is 156 Å². The molecule has 146 valence electrons. The van der Waals surface area contributed by atoms with Crippen LogP contribution >= 0.6 is 0 Å².